The van der Waals surface area contributed by atoms with E-state index in [4.69, 9.17) is 5.11 Å². The molecule has 2 rings (SSSR count). The molecule has 0 aliphatic rings. The number of hydrogen-bond acceptors (Lipinski definition) is 3. The summed E-state index contributed by atoms with van der Waals surface area (Å²) >= 11 is 0. The summed E-state index contributed by atoms with van der Waals surface area (Å²) in [7, 11) is 0. The molecule has 0 radical (unpaired) electrons. The summed E-state index contributed by atoms with van der Waals surface area (Å²) in [5, 5.41) is 15.3. The Morgan fingerprint density at radius 2 is 1.86 bits per heavy atom. The number of benzene rings is 2. The van der Waals surface area contributed by atoms with Gasteiger partial charge in [-0.1, -0.05) is 24.3 Å². The molecule has 0 bridgehead atoms. The lowest BCUT2D eigenvalue weighted by atomic mass is 10.1. The third-order valence-corrected chi connectivity index (χ3v) is 3.20. The van der Waals surface area contributed by atoms with Crippen molar-refractivity contribution in [3.63, 3.8) is 0 Å². The Labute approximate surface area is 124 Å². The van der Waals surface area contributed by atoms with Crippen molar-refractivity contribution in [2.24, 2.45) is 0 Å². The van der Waals surface area contributed by atoms with E-state index < -0.39 is 0 Å². The molecule has 0 spiro atoms. The maximum atomic E-state index is 11.1. The van der Waals surface area contributed by atoms with Crippen molar-refractivity contribution in [3.8, 4) is 0 Å². The second kappa shape index (κ2) is 6.90. The SMILES string of the molecule is CC(=O)Nc1cccc(C(C)Nc2cccc(CO)c2)c1. The summed E-state index contributed by atoms with van der Waals surface area (Å²) in [5.74, 6) is -0.0802. The molecule has 4 nitrogen and oxygen atoms in total. The van der Waals surface area contributed by atoms with E-state index in [1.807, 2.05) is 48.5 Å². The van der Waals surface area contributed by atoms with E-state index in [2.05, 4.69) is 17.6 Å². The van der Waals surface area contributed by atoms with Crippen LogP contribution in [-0.2, 0) is 11.4 Å². The van der Waals surface area contributed by atoms with Crippen molar-refractivity contribution in [1.82, 2.24) is 0 Å². The van der Waals surface area contributed by atoms with Crippen molar-refractivity contribution in [2.45, 2.75) is 26.5 Å². The number of anilines is 2. The zero-order valence-corrected chi connectivity index (χ0v) is 12.3. The number of aliphatic hydroxyl groups excluding tert-OH is 1. The van der Waals surface area contributed by atoms with Crippen LogP contribution >= 0.6 is 0 Å². The van der Waals surface area contributed by atoms with Crippen LogP contribution in [0.1, 0.15) is 31.0 Å². The Morgan fingerprint density at radius 3 is 2.57 bits per heavy atom. The molecule has 2 aromatic carbocycles. The van der Waals surface area contributed by atoms with Crippen molar-refractivity contribution >= 4 is 17.3 Å². The van der Waals surface area contributed by atoms with E-state index in [0.29, 0.717) is 0 Å². The molecule has 110 valence electrons. The minimum absolute atomic E-state index is 0.0297. The van der Waals surface area contributed by atoms with Crippen LogP contribution in [0.25, 0.3) is 0 Å². The van der Waals surface area contributed by atoms with Crippen LogP contribution in [0.5, 0.6) is 0 Å². The average Bonchev–Trinajstić information content (AvgIpc) is 2.47. The molecule has 0 saturated heterocycles. The number of carbonyl (C=O) groups is 1. The smallest absolute Gasteiger partial charge is 0.221 e. The Balaban J connectivity index is 2.12. The van der Waals surface area contributed by atoms with E-state index in [1.54, 1.807) is 0 Å². The third-order valence-electron chi connectivity index (χ3n) is 3.20. The molecule has 2 aromatic rings. The van der Waals surface area contributed by atoms with Gasteiger partial charge >= 0.3 is 0 Å². The predicted octanol–water partition coefficient (Wildman–Crippen LogP) is 3.31. The first kappa shape index (κ1) is 15.1. The molecule has 1 atom stereocenters. The number of aliphatic hydroxyl groups is 1. The lowest BCUT2D eigenvalue weighted by Gasteiger charge is -2.17. The van der Waals surface area contributed by atoms with Crippen molar-refractivity contribution in [1.29, 1.82) is 0 Å². The number of rotatable bonds is 5. The highest BCUT2D eigenvalue weighted by Crippen LogP contribution is 2.22. The van der Waals surface area contributed by atoms with Gasteiger partial charge in [-0.3, -0.25) is 4.79 Å². The maximum Gasteiger partial charge on any atom is 0.221 e. The number of nitrogens with one attached hydrogen (secondary N) is 2. The fourth-order valence-corrected chi connectivity index (χ4v) is 2.18. The zero-order chi connectivity index (χ0) is 15.2. The molecule has 0 saturated carbocycles. The number of amides is 1. The lowest BCUT2D eigenvalue weighted by Crippen LogP contribution is -2.09. The van der Waals surface area contributed by atoms with E-state index >= 15 is 0 Å². The van der Waals surface area contributed by atoms with Gasteiger partial charge in [-0.25, -0.2) is 0 Å². The molecule has 1 amide bonds. The topological polar surface area (TPSA) is 61.4 Å². The van der Waals surface area contributed by atoms with Gasteiger partial charge in [0, 0.05) is 24.3 Å². The van der Waals surface area contributed by atoms with Gasteiger partial charge in [0.2, 0.25) is 5.91 Å². The van der Waals surface area contributed by atoms with Gasteiger partial charge in [-0.2, -0.15) is 0 Å². The molecule has 4 heteroatoms. The number of hydrogen-bond donors (Lipinski definition) is 3. The minimum atomic E-state index is -0.0802. The maximum absolute atomic E-state index is 11.1. The average molecular weight is 284 g/mol. The normalized spacial score (nSPS) is 11.8. The van der Waals surface area contributed by atoms with Crippen LogP contribution in [-0.4, -0.2) is 11.0 Å². The quantitative estimate of drug-likeness (QED) is 0.789. The molecule has 0 aromatic heterocycles. The summed E-state index contributed by atoms with van der Waals surface area (Å²) in [4.78, 5) is 11.1. The lowest BCUT2D eigenvalue weighted by molar-refractivity contribution is -0.114. The highest BCUT2D eigenvalue weighted by Gasteiger charge is 2.07. The van der Waals surface area contributed by atoms with Crippen LogP contribution in [0, 0.1) is 0 Å². The molecular formula is C17H20N2O2. The first-order valence-electron chi connectivity index (χ1n) is 6.92. The summed E-state index contributed by atoms with van der Waals surface area (Å²) in [6.07, 6.45) is 0. The Hall–Kier alpha value is -2.33. The molecule has 0 aliphatic heterocycles. The van der Waals surface area contributed by atoms with Gasteiger partial charge in [0.05, 0.1) is 6.61 Å². The van der Waals surface area contributed by atoms with Gasteiger partial charge in [-0.05, 0) is 42.3 Å². The highest BCUT2D eigenvalue weighted by atomic mass is 16.3. The minimum Gasteiger partial charge on any atom is -0.392 e. The molecule has 1 unspecified atom stereocenters. The fourth-order valence-electron chi connectivity index (χ4n) is 2.18. The Kier molecular flexibility index (Phi) is 4.95. The molecule has 0 aliphatic carbocycles. The predicted molar refractivity (Wildman–Crippen MR) is 85.1 cm³/mol. The van der Waals surface area contributed by atoms with Gasteiger partial charge < -0.3 is 15.7 Å². The zero-order valence-electron chi connectivity index (χ0n) is 12.3. The van der Waals surface area contributed by atoms with Gasteiger partial charge in [0.15, 0.2) is 0 Å². The van der Waals surface area contributed by atoms with Crippen molar-refractivity contribution in [2.75, 3.05) is 10.6 Å². The number of carbonyl (C=O) groups excluding carboxylic acids is 1. The molecule has 3 N–H and O–H groups in total. The Bertz CT molecular complexity index is 626. The highest BCUT2D eigenvalue weighted by molar-refractivity contribution is 5.88. The molecule has 0 heterocycles. The van der Waals surface area contributed by atoms with Gasteiger partial charge in [-0.15, -0.1) is 0 Å². The second-order valence-corrected chi connectivity index (χ2v) is 5.03. The fraction of sp³-hybridized carbons (Fsp3) is 0.235. The largest absolute Gasteiger partial charge is 0.392 e. The van der Waals surface area contributed by atoms with E-state index in [-0.39, 0.29) is 18.6 Å². The molecule has 21 heavy (non-hydrogen) atoms. The third kappa shape index (κ3) is 4.33. The van der Waals surface area contributed by atoms with Crippen molar-refractivity contribution in [3.05, 3.63) is 59.7 Å². The molecule has 0 fully saturated rings. The molecular weight excluding hydrogens is 264 g/mol. The Morgan fingerprint density at radius 1 is 1.14 bits per heavy atom. The van der Waals surface area contributed by atoms with Crippen molar-refractivity contribution < 1.29 is 9.90 Å². The van der Waals surface area contributed by atoms with Crippen LogP contribution in [0.2, 0.25) is 0 Å². The first-order chi connectivity index (χ1) is 10.1. The summed E-state index contributed by atoms with van der Waals surface area (Å²) in [6.45, 7) is 3.58. The summed E-state index contributed by atoms with van der Waals surface area (Å²) in [5.41, 5.74) is 3.70. The monoisotopic (exact) mass is 284 g/mol. The van der Waals surface area contributed by atoms with Gasteiger partial charge in [0.1, 0.15) is 0 Å². The van der Waals surface area contributed by atoms with E-state index in [1.165, 1.54) is 6.92 Å². The first-order valence-corrected chi connectivity index (χ1v) is 6.92. The summed E-state index contributed by atoms with van der Waals surface area (Å²) < 4.78 is 0. The van der Waals surface area contributed by atoms with E-state index in [0.717, 1.165) is 22.5 Å². The van der Waals surface area contributed by atoms with Crippen LogP contribution in [0.3, 0.4) is 0 Å². The van der Waals surface area contributed by atoms with Crippen LogP contribution in [0.4, 0.5) is 11.4 Å². The second-order valence-electron chi connectivity index (χ2n) is 5.03. The van der Waals surface area contributed by atoms with Crippen LogP contribution < -0.4 is 10.6 Å². The van der Waals surface area contributed by atoms with Crippen LogP contribution in [0.15, 0.2) is 48.5 Å². The summed E-state index contributed by atoms with van der Waals surface area (Å²) in [6, 6.07) is 15.5. The van der Waals surface area contributed by atoms with Gasteiger partial charge in [0.25, 0.3) is 0 Å². The standard InChI is InChI=1S/C17H20N2O2/c1-12(18-16-7-3-5-14(9-16)11-20)15-6-4-8-17(10-15)19-13(2)21/h3-10,12,18,20H,11H2,1-2H3,(H,19,21). The van der Waals surface area contributed by atoms with E-state index in [9.17, 15) is 4.79 Å².